The quantitative estimate of drug-likeness (QED) is 0.907. The minimum absolute atomic E-state index is 0.576. The molecule has 1 aromatic rings. The van der Waals surface area contributed by atoms with Crippen molar-refractivity contribution in [3.05, 3.63) is 29.3 Å². The predicted octanol–water partition coefficient (Wildman–Crippen LogP) is 1.81. The average Bonchev–Trinajstić information content (AvgIpc) is 2.47. The van der Waals surface area contributed by atoms with Crippen molar-refractivity contribution in [1.29, 1.82) is 5.26 Å². The van der Waals surface area contributed by atoms with E-state index >= 15 is 0 Å². The molecule has 1 fully saturated rings. The summed E-state index contributed by atoms with van der Waals surface area (Å²) in [6.07, 6.45) is 2.43. The van der Waals surface area contributed by atoms with Gasteiger partial charge >= 0.3 is 0 Å². The summed E-state index contributed by atoms with van der Waals surface area (Å²) in [4.78, 5) is 4.64. The average molecular weight is 272 g/mol. The van der Waals surface area contributed by atoms with Gasteiger partial charge in [-0.3, -0.25) is 0 Å². The molecule has 0 bridgehead atoms. The second-order valence-electron chi connectivity index (χ2n) is 5.70. The largest absolute Gasteiger partial charge is 0.369 e. The van der Waals surface area contributed by atoms with Gasteiger partial charge < -0.3 is 15.1 Å². The van der Waals surface area contributed by atoms with Crippen LogP contribution in [0.1, 0.15) is 24.0 Å². The third kappa shape index (κ3) is 3.30. The Kier molecular flexibility index (Phi) is 4.99. The number of rotatable bonds is 4. The van der Waals surface area contributed by atoms with Gasteiger partial charge in [0.25, 0.3) is 0 Å². The van der Waals surface area contributed by atoms with E-state index in [0.717, 1.165) is 36.4 Å². The van der Waals surface area contributed by atoms with Gasteiger partial charge in [0.1, 0.15) is 6.07 Å². The first-order chi connectivity index (χ1) is 9.65. The third-order valence-electron chi connectivity index (χ3n) is 4.03. The predicted molar refractivity (Wildman–Crippen MR) is 82.8 cm³/mol. The molecule has 0 amide bonds. The first kappa shape index (κ1) is 14.8. The van der Waals surface area contributed by atoms with Crippen LogP contribution in [-0.2, 0) is 6.54 Å². The molecule has 1 aliphatic rings. The van der Waals surface area contributed by atoms with Crippen LogP contribution in [0.5, 0.6) is 0 Å². The molecule has 0 spiro atoms. The third-order valence-corrected chi connectivity index (χ3v) is 4.03. The second-order valence-corrected chi connectivity index (χ2v) is 5.70. The fraction of sp³-hybridized carbons (Fsp3) is 0.562. The highest BCUT2D eigenvalue weighted by molar-refractivity contribution is 5.60. The molecule has 4 heteroatoms. The van der Waals surface area contributed by atoms with Gasteiger partial charge in [-0.2, -0.15) is 5.26 Å². The highest BCUT2D eigenvalue weighted by Gasteiger charge is 2.23. The zero-order chi connectivity index (χ0) is 14.5. The van der Waals surface area contributed by atoms with E-state index in [-0.39, 0.29) is 0 Å². The summed E-state index contributed by atoms with van der Waals surface area (Å²) in [5.41, 5.74) is 3.03. The number of nitrogens with zero attached hydrogens (tertiary/aromatic N) is 3. The number of anilines is 1. The molecule has 1 aliphatic heterocycles. The van der Waals surface area contributed by atoms with Gasteiger partial charge in [-0.05, 0) is 51.7 Å². The summed E-state index contributed by atoms with van der Waals surface area (Å²) in [7, 11) is 6.19. The van der Waals surface area contributed by atoms with Crippen LogP contribution in [0.25, 0.3) is 0 Å². The highest BCUT2D eigenvalue weighted by Crippen LogP contribution is 2.26. The summed E-state index contributed by atoms with van der Waals surface area (Å²) in [5.74, 6) is 0. The molecule has 0 aromatic heterocycles. The zero-order valence-electron chi connectivity index (χ0n) is 12.7. The first-order valence-electron chi connectivity index (χ1n) is 7.24. The molecule has 2 rings (SSSR count). The van der Waals surface area contributed by atoms with Crippen LogP contribution in [0, 0.1) is 11.3 Å². The number of hydrogen-bond donors (Lipinski definition) is 1. The highest BCUT2D eigenvalue weighted by atomic mass is 15.2. The summed E-state index contributed by atoms with van der Waals surface area (Å²) in [6.45, 7) is 2.85. The van der Waals surface area contributed by atoms with Crippen LogP contribution in [-0.4, -0.2) is 45.2 Å². The smallest absolute Gasteiger partial charge is 0.101 e. The van der Waals surface area contributed by atoms with Gasteiger partial charge in [-0.15, -0.1) is 0 Å². The lowest BCUT2D eigenvalue weighted by Gasteiger charge is -2.37. The monoisotopic (exact) mass is 272 g/mol. The number of nitriles is 1. The molecule has 1 unspecified atom stereocenters. The standard InChI is InChI=1S/C16H24N4/c1-18-11-13-6-7-16(14(9-13)10-17)20-8-4-5-15(12-20)19(2)3/h6-7,9,15,18H,4-5,8,11-12H2,1-3H3. The van der Waals surface area contributed by atoms with Crippen molar-refractivity contribution >= 4 is 5.69 Å². The lowest BCUT2D eigenvalue weighted by atomic mass is 10.0. The minimum Gasteiger partial charge on any atom is -0.369 e. The molecule has 20 heavy (non-hydrogen) atoms. The molecule has 1 heterocycles. The number of hydrogen-bond acceptors (Lipinski definition) is 4. The topological polar surface area (TPSA) is 42.3 Å². The van der Waals surface area contributed by atoms with Crippen molar-refractivity contribution in [1.82, 2.24) is 10.2 Å². The van der Waals surface area contributed by atoms with E-state index < -0.39 is 0 Å². The fourth-order valence-electron chi connectivity index (χ4n) is 2.86. The maximum atomic E-state index is 9.41. The molecule has 1 atom stereocenters. The SMILES string of the molecule is CNCc1ccc(N2CCCC(N(C)C)C2)c(C#N)c1. The van der Waals surface area contributed by atoms with E-state index in [1.807, 2.05) is 13.1 Å². The lowest BCUT2D eigenvalue weighted by molar-refractivity contribution is 0.258. The number of benzene rings is 1. The van der Waals surface area contributed by atoms with Crippen LogP contribution in [0.15, 0.2) is 18.2 Å². The van der Waals surface area contributed by atoms with Crippen molar-refractivity contribution in [3.8, 4) is 6.07 Å². The number of likely N-dealkylation sites (N-methyl/N-ethyl adjacent to an activating group) is 1. The molecule has 1 N–H and O–H groups in total. The summed E-state index contributed by atoms with van der Waals surface area (Å²) in [6, 6.07) is 9.15. The Bertz CT molecular complexity index is 490. The first-order valence-corrected chi connectivity index (χ1v) is 7.24. The zero-order valence-corrected chi connectivity index (χ0v) is 12.7. The van der Waals surface area contributed by atoms with Crippen molar-refractivity contribution in [2.24, 2.45) is 0 Å². The normalized spacial score (nSPS) is 19.1. The minimum atomic E-state index is 0.576. The molecule has 0 aliphatic carbocycles. The molecule has 1 aromatic carbocycles. The van der Waals surface area contributed by atoms with E-state index in [2.05, 4.69) is 47.4 Å². The maximum Gasteiger partial charge on any atom is 0.101 e. The van der Waals surface area contributed by atoms with Crippen molar-refractivity contribution < 1.29 is 0 Å². The molecule has 4 nitrogen and oxygen atoms in total. The van der Waals surface area contributed by atoms with Gasteiger partial charge in [0.2, 0.25) is 0 Å². The van der Waals surface area contributed by atoms with Crippen molar-refractivity contribution in [2.45, 2.75) is 25.4 Å². The van der Waals surface area contributed by atoms with Gasteiger partial charge in [-0.25, -0.2) is 0 Å². The van der Waals surface area contributed by atoms with Crippen LogP contribution in [0.4, 0.5) is 5.69 Å². The Morgan fingerprint density at radius 3 is 2.90 bits per heavy atom. The van der Waals surface area contributed by atoms with Crippen LogP contribution >= 0.6 is 0 Å². The second kappa shape index (κ2) is 6.74. The molecule has 0 radical (unpaired) electrons. The van der Waals surface area contributed by atoms with E-state index in [4.69, 9.17) is 0 Å². The Hall–Kier alpha value is -1.57. The molecule has 1 saturated heterocycles. The molecular formula is C16H24N4. The Labute approximate surface area is 122 Å². The van der Waals surface area contributed by atoms with Crippen LogP contribution in [0.3, 0.4) is 0 Å². The van der Waals surface area contributed by atoms with E-state index in [9.17, 15) is 5.26 Å². The number of nitrogens with one attached hydrogen (secondary N) is 1. The Balaban J connectivity index is 2.21. The fourth-order valence-corrected chi connectivity index (χ4v) is 2.86. The van der Waals surface area contributed by atoms with Gasteiger partial charge in [0.15, 0.2) is 0 Å². The summed E-state index contributed by atoms with van der Waals surface area (Å²) in [5, 5.41) is 12.5. The molecular weight excluding hydrogens is 248 g/mol. The van der Waals surface area contributed by atoms with E-state index in [1.54, 1.807) is 0 Å². The molecule has 0 saturated carbocycles. The van der Waals surface area contributed by atoms with E-state index in [1.165, 1.54) is 12.8 Å². The van der Waals surface area contributed by atoms with Gasteiger partial charge in [0, 0.05) is 25.7 Å². The summed E-state index contributed by atoms with van der Waals surface area (Å²) >= 11 is 0. The summed E-state index contributed by atoms with van der Waals surface area (Å²) < 4.78 is 0. The molecule has 108 valence electrons. The van der Waals surface area contributed by atoms with Gasteiger partial charge in [0.05, 0.1) is 11.3 Å². The Morgan fingerprint density at radius 1 is 1.45 bits per heavy atom. The van der Waals surface area contributed by atoms with Crippen LogP contribution < -0.4 is 10.2 Å². The van der Waals surface area contributed by atoms with Crippen LogP contribution in [0.2, 0.25) is 0 Å². The van der Waals surface area contributed by atoms with Gasteiger partial charge in [-0.1, -0.05) is 6.07 Å². The lowest BCUT2D eigenvalue weighted by Crippen LogP contribution is -2.45. The van der Waals surface area contributed by atoms with Crippen molar-refractivity contribution in [2.75, 3.05) is 39.1 Å². The Morgan fingerprint density at radius 2 is 2.25 bits per heavy atom. The number of piperidine rings is 1. The van der Waals surface area contributed by atoms with Crippen molar-refractivity contribution in [3.63, 3.8) is 0 Å². The van der Waals surface area contributed by atoms with E-state index in [0.29, 0.717) is 6.04 Å². The maximum absolute atomic E-state index is 9.41.